The summed E-state index contributed by atoms with van der Waals surface area (Å²) < 4.78 is 17.3. The number of ether oxygens (including phenoxy) is 3. The van der Waals surface area contributed by atoms with Gasteiger partial charge in [0, 0.05) is 12.2 Å². The highest BCUT2D eigenvalue weighted by Crippen LogP contribution is 2.64. The fourth-order valence-electron chi connectivity index (χ4n) is 6.77. The van der Waals surface area contributed by atoms with Crippen molar-refractivity contribution in [3.63, 3.8) is 0 Å². The van der Waals surface area contributed by atoms with Crippen LogP contribution in [0.5, 0.6) is 5.75 Å². The van der Waals surface area contributed by atoms with Gasteiger partial charge in [-0.05, 0) is 56.9 Å². The van der Waals surface area contributed by atoms with Gasteiger partial charge in [-0.25, -0.2) is 0 Å². The molecule has 3 saturated heterocycles. The van der Waals surface area contributed by atoms with Gasteiger partial charge in [0.25, 0.3) is 5.91 Å². The molecule has 1 spiro atoms. The van der Waals surface area contributed by atoms with Gasteiger partial charge in [-0.3, -0.25) is 14.4 Å². The average Bonchev–Trinajstić information content (AvgIpc) is 3.48. The molecule has 7 atom stereocenters. The molecule has 0 aromatic heterocycles. The van der Waals surface area contributed by atoms with E-state index in [4.69, 9.17) is 14.2 Å². The molecule has 3 heterocycles. The van der Waals surface area contributed by atoms with Crippen LogP contribution in [0.15, 0.2) is 36.9 Å². The van der Waals surface area contributed by atoms with Crippen molar-refractivity contribution in [1.29, 1.82) is 0 Å². The summed E-state index contributed by atoms with van der Waals surface area (Å²) in [5.41, 5.74) is -1.49. The van der Waals surface area contributed by atoms with Gasteiger partial charge in [0.15, 0.2) is 0 Å². The smallest absolute Gasteiger partial charge is 0.312 e. The van der Waals surface area contributed by atoms with E-state index in [2.05, 4.69) is 6.58 Å². The Morgan fingerprint density at radius 2 is 1.97 bits per heavy atom. The fourth-order valence-corrected chi connectivity index (χ4v) is 6.77. The van der Waals surface area contributed by atoms with Crippen molar-refractivity contribution in [2.45, 2.75) is 70.2 Å². The van der Waals surface area contributed by atoms with Crippen LogP contribution in [0, 0.1) is 17.8 Å². The number of anilines is 1. The molecule has 208 valence electrons. The van der Waals surface area contributed by atoms with Crippen LogP contribution in [0.3, 0.4) is 0 Å². The summed E-state index contributed by atoms with van der Waals surface area (Å²) in [4.78, 5) is 45.2. The number of carbonyl (C=O) groups excluding carboxylic acids is 3. The monoisotopic (exact) mass is 528 g/mol. The Hall–Kier alpha value is -2.91. The lowest BCUT2D eigenvalue weighted by Gasteiger charge is -2.41. The van der Waals surface area contributed by atoms with E-state index in [1.54, 1.807) is 49.3 Å². The zero-order chi connectivity index (χ0) is 27.8. The summed E-state index contributed by atoms with van der Waals surface area (Å²) in [6, 6.07) is 5.47. The molecule has 0 radical (unpaired) electrons. The zero-order valence-corrected chi connectivity index (χ0v) is 23.0. The summed E-state index contributed by atoms with van der Waals surface area (Å²) in [5.74, 6) is -2.28. The lowest BCUT2D eigenvalue weighted by atomic mass is 9.66. The third kappa shape index (κ3) is 4.20. The fraction of sp³-hybridized carbons (Fsp3) is 0.621. The highest BCUT2D eigenvalue weighted by atomic mass is 16.6. The van der Waals surface area contributed by atoms with Gasteiger partial charge < -0.3 is 29.1 Å². The van der Waals surface area contributed by atoms with E-state index >= 15 is 0 Å². The highest BCUT2D eigenvalue weighted by Gasteiger charge is 2.79. The number of carbonyl (C=O) groups is 3. The number of aliphatic hydroxyl groups is 1. The van der Waals surface area contributed by atoms with Crippen molar-refractivity contribution in [2.24, 2.45) is 17.8 Å². The maximum atomic E-state index is 14.6. The van der Waals surface area contributed by atoms with Crippen molar-refractivity contribution < 1.29 is 33.7 Å². The second kappa shape index (κ2) is 10.7. The molecule has 0 aliphatic carbocycles. The zero-order valence-electron chi connectivity index (χ0n) is 23.0. The number of methoxy groups -OCH3 is 1. The van der Waals surface area contributed by atoms with Crippen LogP contribution < -0.4 is 9.64 Å². The summed E-state index contributed by atoms with van der Waals surface area (Å²) in [6.07, 6.45) is 3.30. The van der Waals surface area contributed by atoms with E-state index in [1.807, 2.05) is 20.8 Å². The highest BCUT2D eigenvalue weighted by molar-refractivity contribution is 6.05. The minimum absolute atomic E-state index is 0.0860. The summed E-state index contributed by atoms with van der Waals surface area (Å²) in [6.45, 7) is 11.4. The Morgan fingerprint density at radius 1 is 1.29 bits per heavy atom. The van der Waals surface area contributed by atoms with Crippen LogP contribution >= 0.6 is 0 Å². The minimum atomic E-state index is -1.20. The topological polar surface area (TPSA) is 106 Å². The van der Waals surface area contributed by atoms with Crippen molar-refractivity contribution in [2.75, 3.05) is 31.8 Å². The number of hydrogen-bond acceptors (Lipinski definition) is 7. The van der Waals surface area contributed by atoms with E-state index in [9.17, 15) is 19.5 Å². The SMILES string of the molecule is C=CCN(C(=O)C1N([C@@H](CO)[C@@H](C)CC)C(=O)[C@@H]2[C@@H](C(=O)OCC)[C@@]3(C)CCC12O3)c1ccc(OC)cc1. The summed E-state index contributed by atoms with van der Waals surface area (Å²) in [5, 5.41) is 10.5. The first-order valence-electron chi connectivity index (χ1n) is 13.5. The molecule has 38 heavy (non-hydrogen) atoms. The molecular weight excluding hydrogens is 488 g/mol. The van der Waals surface area contributed by atoms with Crippen molar-refractivity contribution >= 4 is 23.5 Å². The van der Waals surface area contributed by atoms with Crippen LogP contribution in [0.4, 0.5) is 5.69 Å². The molecule has 1 N–H and O–H groups in total. The molecule has 3 fully saturated rings. The number of likely N-dealkylation sites (tertiary alicyclic amines) is 1. The minimum Gasteiger partial charge on any atom is -0.497 e. The van der Waals surface area contributed by atoms with Gasteiger partial charge in [0.1, 0.15) is 23.3 Å². The van der Waals surface area contributed by atoms with E-state index in [0.29, 0.717) is 30.7 Å². The van der Waals surface area contributed by atoms with Gasteiger partial charge >= 0.3 is 5.97 Å². The quantitative estimate of drug-likeness (QED) is 0.348. The number of rotatable bonds is 11. The van der Waals surface area contributed by atoms with Gasteiger partial charge in [0.2, 0.25) is 5.91 Å². The molecular formula is C29H40N2O7. The molecule has 9 heteroatoms. The maximum Gasteiger partial charge on any atom is 0.312 e. The van der Waals surface area contributed by atoms with Crippen molar-refractivity contribution in [1.82, 2.24) is 4.90 Å². The Balaban J connectivity index is 1.85. The summed E-state index contributed by atoms with van der Waals surface area (Å²) in [7, 11) is 1.57. The molecule has 0 saturated carbocycles. The Kier molecular flexibility index (Phi) is 7.91. The molecule has 9 nitrogen and oxygen atoms in total. The number of amides is 2. The second-order valence-corrected chi connectivity index (χ2v) is 10.8. The normalized spacial score (nSPS) is 31.1. The molecule has 2 amide bonds. The standard InChI is InChI=1S/C29H40N2O7/c1-7-16-30(19-10-12-20(36-6)13-11-19)26(34)24-29-15-14-28(5,38-29)23(27(35)37-9-3)22(29)25(33)31(24)21(17-32)18(4)8-2/h7,10-13,18,21-24,32H,1,8-9,14-17H2,2-6H3/t18-,21-,22-,23-,24?,28+,29?/m0/s1. The number of esters is 1. The lowest BCUT2D eigenvalue weighted by molar-refractivity contribution is -0.160. The number of fused-ring (bicyclic) bond motifs is 1. The first-order chi connectivity index (χ1) is 18.1. The molecule has 3 aliphatic heterocycles. The van der Waals surface area contributed by atoms with E-state index in [1.165, 1.54) is 4.90 Å². The first kappa shape index (κ1) is 28.1. The Bertz CT molecular complexity index is 1080. The maximum absolute atomic E-state index is 14.6. The molecule has 4 rings (SSSR count). The van der Waals surface area contributed by atoms with Crippen molar-refractivity contribution in [3.05, 3.63) is 36.9 Å². The van der Waals surface area contributed by atoms with Crippen LogP contribution in [0.25, 0.3) is 0 Å². The van der Waals surface area contributed by atoms with E-state index in [0.717, 1.165) is 0 Å². The average molecular weight is 529 g/mol. The number of hydrogen-bond donors (Lipinski definition) is 1. The molecule has 2 unspecified atom stereocenters. The molecule has 2 bridgehead atoms. The van der Waals surface area contributed by atoms with Crippen LogP contribution in [0.2, 0.25) is 0 Å². The summed E-state index contributed by atoms with van der Waals surface area (Å²) >= 11 is 0. The Morgan fingerprint density at radius 3 is 2.53 bits per heavy atom. The third-order valence-corrected chi connectivity index (χ3v) is 8.80. The van der Waals surface area contributed by atoms with E-state index in [-0.39, 0.29) is 37.5 Å². The van der Waals surface area contributed by atoms with Crippen molar-refractivity contribution in [3.8, 4) is 5.75 Å². The molecule has 3 aliphatic rings. The Labute approximate surface area is 224 Å². The van der Waals surface area contributed by atoms with Gasteiger partial charge in [-0.15, -0.1) is 6.58 Å². The van der Waals surface area contributed by atoms with Gasteiger partial charge in [-0.1, -0.05) is 26.3 Å². The van der Waals surface area contributed by atoms with Gasteiger partial charge in [-0.2, -0.15) is 0 Å². The third-order valence-electron chi connectivity index (χ3n) is 8.80. The number of aliphatic hydroxyl groups excluding tert-OH is 1. The predicted octanol–water partition coefficient (Wildman–Crippen LogP) is 2.95. The second-order valence-electron chi connectivity index (χ2n) is 10.8. The largest absolute Gasteiger partial charge is 0.497 e. The number of benzene rings is 1. The van der Waals surface area contributed by atoms with Gasteiger partial charge in [0.05, 0.1) is 37.9 Å². The number of nitrogens with zero attached hydrogens (tertiary/aromatic N) is 2. The first-order valence-corrected chi connectivity index (χ1v) is 13.5. The van der Waals surface area contributed by atoms with Crippen LogP contribution in [0.1, 0.15) is 47.0 Å². The van der Waals surface area contributed by atoms with Crippen LogP contribution in [-0.2, 0) is 23.9 Å². The van der Waals surface area contributed by atoms with E-state index < -0.39 is 41.1 Å². The predicted molar refractivity (Wildman–Crippen MR) is 142 cm³/mol. The lowest BCUT2D eigenvalue weighted by Crippen LogP contribution is -2.60. The van der Waals surface area contributed by atoms with Crippen LogP contribution in [-0.4, -0.2) is 77.9 Å². The molecule has 1 aromatic rings. The molecule has 1 aromatic carbocycles.